The topological polar surface area (TPSA) is 74.1 Å². The molecule has 28 heavy (non-hydrogen) atoms. The Labute approximate surface area is 167 Å². The van der Waals surface area contributed by atoms with E-state index >= 15 is 0 Å². The largest absolute Gasteiger partial charge is 0.497 e. The molecule has 5 heteroatoms. The number of nitriles is 1. The highest BCUT2D eigenvalue weighted by Gasteiger charge is 2.52. The lowest BCUT2D eigenvalue weighted by molar-refractivity contribution is -0.112. The highest BCUT2D eigenvalue weighted by molar-refractivity contribution is 6.06. The van der Waals surface area contributed by atoms with Crippen LogP contribution in [0, 0.1) is 34.5 Å². The number of anilines is 1. The van der Waals surface area contributed by atoms with Crippen LogP contribution in [0.5, 0.6) is 5.75 Å². The Kier molecular flexibility index (Phi) is 5.05. The van der Waals surface area contributed by atoms with Gasteiger partial charge in [0.25, 0.3) is 5.91 Å². The lowest BCUT2D eigenvalue weighted by Crippen LogP contribution is -2.54. The number of methoxy groups -OCH3 is 1. The molecule has 0 spiro atoms. The molecule has 1 aromatic carbocycles. The van der Waals surface area contributed by atoms with E-state index in [0.717, 1.165) is 23.5 Å². The molecule has 0 saturated heterocycles. The highest BCUT2D eigenvalue weighted by atomic mass is 16.5. The van der Waals surface area contributed by atoms with Gasteiger partial charge in [-0.25, -0.2) is 0 Å². The molecular weight excluding hydrogens is 350 g/mol. The molecule has 2 N–H and O–H groups in total. The van der Waals surface area contributed by atoms with E-state index in [1.54, 1.807) is 37.6 Å². The molecule has 4 aliphatic rings. The molecule has 1 unspecified atom stereocenters. The third-order valence-electron chi connectivity index (χ3n) is 7.19. The fraction of sp³-hybridized carbons (Fsp3) is 0.565. The summed E-state index contributed by atoms with van der Waals surface area (Å²) < 4.78 is 5.12. The second-order valence-corrected chi connectivity index (χ2v) is 9.02. The number of hydrogen-bond donors (Lipinski definition) is 2. The molecule has 148 valence electrons. The van der Waals surface area contributed by atoms with Gasteiger partial charge in [0.2, 0.25) is 0 Å². The molecule has 1 amide bonds. The number of rotatable bonds is 6. The van der Waals surface area contributed by atoms with Crippen LogP contribution in [-0.4, -0.2) is 19.1 Å². The van der Waals surface area contributed by atoms with Crippen LogP contribution in [-0.2, 0) is 4.79 Å². The van der Waals surface area contributed by atoms with Crippen LogP contribution in [0.3, 0.4) is 0 Å². The Hall–Kier alpha value is -2.48. The van der Waals surface area contributed by atoms with E-state index in [2.05, 4.69) is 17.6 Å². The van der Waals surface area contributed by atoms with Crippen LogP contribution in [0.4, 0.5) is 5.69 Å². The van der Waals surface area contributed by atoms with E-state index in [9.17, 15) is 10.1 Å². The molecule has 0 heterocycles. The Morgan fingerprint density at radius 3 is 2.25 bits per heavy atom. The van der Waals surface area contributed by atoms with Gasteiger partial charge in [-0.3, -0.25) is 4.79 Å². The number of nitrogens with zero attached hydrogens (tertiary/aromatic N) is 1. The average Bonchev–Trinajstić information content (AvgIpc) is 2.68. The number of benzene rings is 1. The summed E-state index contributed by atoms with van der Waals surface area (Å²) in [6.07, 6.45) is 9.73. The summed E-state index contributed by atoms with van der Waals surface area (Å²) in [7, 11) is 1.60. The van der Waals surface area contributed by atoms with Crippen molar-refractivity contribution in [2.24, 2.45) is 23.2 Å². The second-order valence-electron chi connectivity index (χ2n) is 9.02. The predicted octanol–water partition coefficient (Wildman–Crippen LogP) is 4.24. The van der Waals surface area contributed by atoms with Crippen molar-refractivity contribution >= 4 is 11.6 Å². The molecule has 5 nitrogen and oxygen atoms in total. The number of nitrogens with one attached hydrogen (secondary N) is 2. The lowest BCUT2D eigenvalue weighted by atomic mass is 9.48. The van der Waals surface area contributed by atoms with E-state index in [0.29, 0.717) is 11.1 Å². The van der Waals surface area contributed by atoms with Gasteiger partial charge in [-0.1, -0.05) is 0 Å². The van der Waals surface area contributed by atoms with Gasteiger partial charge in [-0.15, -0.1) is 0 Å². The number of hydrogen-bond acceptors (Lipinski definition) is 4. The summed E-state index contributed by atoms with van der Waals surface area (Å²) in [5.74, 6) is 2.98. The Bertz CT molecular complexity index is 771. The van der Waals surface area contributed by atoms with Gasteiger partial charge >= 0.3 is 0 Å². The first-order chi connectivity index (χ1) is 13.5. The van der Waals surface area contributed by atoms with E-state index in [-0.39, 0.29) is 11.6 Å². The van der Waals surface area contributed by atoms with Crippen LogP contribution in [0.2, 0.25) is 0 Å². The first-order valence-corrected chi connectivity index (χ1v) is 10.3. The van der Waals surface area contributed by atoms with Gasteiger partial charge in [-0.2, -0.15) is 5.26 Å². The van der Waals surface area contributed by atoms with Crippen LogP contribution in [0.1, 0.15) is 45.4 Å². The fourth-order valence-corrected chi connectivity index (χ4v) is 6.11. The summed E-state index contributed by atoms with van der Waals surface area (Å²) in [5, 5.41) is 15.7. The first kappa shape index (κ1) is 18.9. The fourth-order valence-electron chi connectivity index (χ4n) is 6.11. The van der Waals surface area contributed by atoms with Crippen molar-refractivity contribution in [3.63, 3.8) is 0 Å². The summed E-state index contributed by atoms with van der Waals surface area (Å²) in [4.78, 5) is 12.5. The molecule has 4 fully saturated rings. The van der Waals surface area contributed by atoms with E-state index in [1.807, 2.05) is 6.07 Å². The van der Waals surface area contributed by atoms with Crippen molar-refractivity contribution < 1.29 is 9.53 Å². The van der Waals surface area contributed by atoms with Crippen LogP contribution in [0.15, 0.2) is 36.0 Å². The Morgan fingerprint density at radius 2 is 1.75 bits per heavy atom. The Balaban J connectivity index is 1.40. The van der Waals surface area contributed by atoms with Crippen LogP contribution >= 0.6 is 0 Å². The SMILES string of the molecule is COc1ccc(NC(=O)/C(C#N)=C\NC(C)C23CC4CC(CC(C4)C2)C3)cc1. The molecule has 0 radical (unpaired) electrons. The Morgan fingerprint density at radius 1 is 1.18 bits per heavy atom. The van der Waals surface area contributed by atoms with Gasteiger partial charge < -0.3 is 15.4 Å². The van der Waals surface area contributed by atoms with Crippen LogP contribution < -0.4 is 15.4 Å². The third-order valence-corrected chi connectivity index (χ3v) is 7.19. The van der Waals surface area contributed by atoms with Crippen molar-refractivity contribution in [2.75, 3.05) is 12.4 Å². The molecule has 4 saturated carbocycles. The molecule has 1 aromatic rings. The number of amides is 1. The number of carbonyl (C=O) groups is 1. The molecule has 1 atom stereocenters. The zero-order chi connectivity index (χ0) is 19.7. The second kappa shape index (κ2) is 7.50. The quantitative estimate of drug-likeness (QED) is 0.573. The zero-order valence-corrected chi connectivity index (χ0v) is 16.7. The van der Waals surface area contributed by atoms with Crippen LogP contribution in [0.25, 0.3) is 0 Å². The summed E-state index contributed by atoms with van der Waals surface area (Å²) in [5.41, 5.74) is 1.08. The first-order valence-electron chi connectivity index (χ1n) is 10.3. The lowest BCUT2D eigenvalue weighted by Gasteiger charge is -2.59. The minimum absolute atomic E-state index is 0.104. The third kappa shape index (κ3) is 3.61. The maximum atomic E-state index is 12.5. The normalized spacial score (nSPS) is 31.8. The smallest absolute Gasteiger partial charge is 0.267 e. The van der Waals surface area contributed by atoms with Crippen molar-refractivity contribution in [1.29, 1.82) is 5.26 Å². The summed E-state index contributed by atoms with van der Waals surface area (Å²) >= 11 is 0. The molecular formula is C23H29N3O2. The van der Waals surface area contributed by atoms with Crippen molar-refractivity contribution in [3.05, 3.63) is 36.0 Å². The molecule has 0 aromatic heterocycles. The molecule has 4 aliphatic carbocycles. The minimum atomic E-state index is -0.391. The van der Waals surface area contributed by atoms with Gasteiger partial charge in [0, 0.05) is 17.9 Å². The maximum absolute atomic E-state index is 12.5. The van der Waals surface area contributed by atoms with E-state index in [4.69, 9.17) is 4.74 Å². The average molecular weight is 380 g/mol. The molecule has 5 rings (SSSR count). The minimum Gasteiger partial charge on any atom is -0.497 e. The standard InChI is InChI=1S/C23H29N3O2/c1-15(23-10-16-7-17(11-23)9-18(8-16)12-23)25-14-19(13-24)22(27)26-20-3-5-21(28-2)6-4-20/h3-6,14-18,25H,7-12H2,1-2H3,(H,26,27)/b19-14-. The molecule has 4 bridgehead atoms. The van der Waals surface area contributed by atoms with Gasteiger partial charge in [0.1, 0.15) is 17.4 Å². The van der Waals surface area contributed by atoms with E-state index in [1.165, 1.54) is 38.5 Å². The maximum Gasteiger partial charge on any atom is 0.267 e. The van der Waals surface area contributed by atoms with Crippen molar-refractivity contribution in [3.8, 4) is 11.8 Å². The number of ether oxygens (including phenoxy) is 1. The van der Waals surface area contributed by atoms with E-state index < -0.39 is 5.91 Å². The molecule has 0 aliphatic heterocycles. The summed E-state index contributed by atoms with van der Waals surface area (Å²) in [6, 6.07) is 9.39. The highest BCUT2D eigenvalue weighted by Crippen LogP contribution is 2.61. The van der Waals surface area contributed by atoms with Gasteiger partial charge in [0.15, 0.2) is 0 Å². The van der Waals surface area contributed by atoms with Crippen molar-refractivity contribution in [1.82, 2.24) is 5.32 Å². The zero-order valence-electron chi connectivity index (χ0n) is 16.7. The summed E-state index contributed by atoms with van der Waals surface area (Å²) in [6.45, 7) is 2.22. The number of carbonyl (C=O) groups excluding carboxylic acids is 1. The van der Waals surface area contributed by atoms with Gasteiger partial charge in [-0.05, 0) is 92.9 Å². The monoisotopic (exact) mass is 379 g/mol. The predicted molar refractivity (Wildman–Crippen MR) is 109 cm³/mol. The van der Waals surface area contributed by atoms with Gasteiger partial charge in [0.05, 0.1) is 7.11 Å². The van der Waals surface area contributed by atoms with Crippen molar-refractivity contribution in [2.45, 2.75) is 51.5 Å².